The van der Waals surface area contributed by atoms with Gasteiger partial charge in [-0.2, -0.15) is 0 Å². The van der Waals surface area contributed by atoms with Crippen molar-refractivity contribution in [3.8, 4) is 0 Å². The number of pyridine rings is 1. The molecule has 4 bridgehead atoms. The van der Waals surface area contributed by atoms with E-state index >= 15 is 0 Å². The third-order valence-electron chi connectivity index (χ3n) is 6.01. The van der Waals surface area contributed by atoms with Gasteiger partial charge in [-0.1, -0.05) is 0 Å². The molecular formula is C18H23NO3. The van der Waals surface area contributed by atoms with E-state index in [0.717, 1.165) is 23.4 Å². The maximum atomic E-state index is 12.3. The normalized spacial score (nSPS) is 35.6. The maximum absolute atomic E-state index is 12.3. The second kappa shape index (κ2) is 4.97. The Kier molecular flexibility index (Phi) is 3.17. The van der Waals surface area contributed by atoms with E-state index < -0.39 is 5.97 Å². The van der Waals surface area contributed by atoms with E-state index in [0.29, 0.717) is 0 Å². The lowest BCUT2D eigenvalue weighted by molar-refractivity contribution is -0.00733. The summed E-state index contributed by atoms with van der Waals surface area (Å²) in [5.74, 6) is 1.97. The number of esters is 1. The van der Waals surface area contributed by atoms with Crippen LogP contribution in [0.15, 0.2) is 16.9 Å². The highest BCUT2D eigenvalue weighted by atomic mass is 16.5. The van der Waals surface area contributed by atoms with Crippen molar-refractivity contribution in [1.82, 2.24) is 4.98 Å². The van der Waals surface area contributed by atoms with Crippen molar-refractivity contribution in [3.05, 3.63) is 33.7 Å². The van der Waals surface area contributed by atoms with Gasteiger partial charge in [0.25, 0.3) is 5.56 Å². The molecule has 0 spiro atoms. The van der Waals surface area contributed by atoms with Crippen molar-refractivity contribution in [3.63, 3.8) is 0 Å². The molecule has 1 aromatic rings. The Bertz CT molecular complexity index is 625. The maximum Gasteiger partial charge on any atom is 0.343 e. The number of hydrogen-bond acceptors (Lipinski definition) is 3. The van der Waals surface area contributed by atoms with Crippen molar-refractivity contribution in [1.29, 1.82) is 0 Å². The highest BCUT2D eigenvalue weighted by Crippen LogP contribution is 2.60. The van der Waals surface area contributed by atoms with Crippen LogP contribution >= 0.6 is 0 Å². The third kappa shape index (κ3) is 2.11. The first-order valence-electron chi connectivity index (χ1n) is 8.50. The van der Waals surface area contributed by atoms with Crippen LogP contribution in [0.3, 0.4) is 0 Å². The monoisotopic (exact) mass is 301 g/mol. The molecule has 4 heteroatoms. The quantitative estimate of drug-likeness (QED) is 0.873. The number of nitrogens with one attached hydrogen (secondary N) is 1. The van der Waals surface area contributed by atoms with Crippen molar-refractivity contribution in [2.75, 3.05) is 6.61 Å². The second-order valence-electron chi connectivity index (χ2n) is 7.53. The van der Waals surface area contributed by atoms with Crippen LogP contribution in [0, 0.1) is 17.8 Å². The van der Waals surface area contributed by atoms with Crippen LogP contribution in [0.5, 0.6) is 0 Å². The van der Waals surface area contributed by atoms with Crippen molar-refractivity contribution >= 4 is 5.97 Å². The molecule has 1 aromatic heterocycles. The number of carbonyl (C=O) groups is 1. The summed E-state index contributed by atoms with van der Waals surface area (Å²) in [7, 11) is 0. The van der Waals surface area contributed by atoms with Gasteiger partial charge in [-0.25, -0.2) is 4.79 Å². The molecule has 0 aliphatic heterocycles. The van der Waals surface area contributed by atoms with Crippen LogP contribution < -0.4 is 5.56 Å². The van der Waals surface area contributed by atoms with Gasteiger partial charge in [-0.3, -0.25) is 4.79 Å². The first-order valence-corrected chi connectivity index (χ1v) is 8.50. The van der Waals surface area contributed by atoms with E-state index in [2.05, 4.69) is 4.98 Å². The van der Waals surface area contributed by atoms with Gasteiger partial charge < -0.3 is 9.72 Å². The summed E-state index contributed by atoms with van der Waals surface area (Å²) in [6.07, 6.45) is 7.74. The first kappa shape index (κ1) is 14.0. The molecule has 0 amide bonds. The summed E-state index contributed by atoms with van der Waals surface area (Å²) in [5, 5.41) is 0. The summed E-state index contributed by atoms with van der Waals surface area (Å²) in [4.78, 5) is 27.1. The molecule has 4 fully saturated rings. The van der Waals surface area contributed by atoms with E-state index in [1.165, 1.54) is 38.5 Å². The Morgan fingerprint density at radius 3 is 2.27 bits per heavy atom. The molecule has 0 atom stereocenters. The summed E-state index contributed by atoms with van der Waals surface area (Å²) in [6, 6.07) is 3.62. The highest BCUT2D eigenvalue weighted by Gasteiger charge is 2.52. The lowest BCUT2D eigenvalue weighted by Gasteiger charge is -2.56. The fourth-order valence-corrected chi connectivity index (χ4v) is 5.59. The Balaban J connectivity index is 1.67. The van der Waals surface area contributed by atoms with E-state index in [1.54, 1.807) is 13.0 Å². The van der Waals surface area contributed by atoms with Gasteiger partial charge in [0.2, 0.25) is 0 Å². The molecule has 22 heavy (non-hydrogen) atoms. The molecule has 1 heterocycles. The molecule has 4 aliphatic carbocycles. The van der Waals surface area contributed by atoms with Gasteiger partial charge in [-0.05, 0) is 75.3 Å². The van der Waals surface area contributed by atoms with Gasteiger partial charge in [-0.15, -0.1) is 0 Å². The Hall–Kier alpha value is -1.58. The molecule has 0 aromatic carbocycles. The smallest absolute Gasteiger partial charge is 0.343 e. The number of H-pyrrole nitrogens is 1. The van der Waals surface area contributed by atoms with Crippen LogP contribution in [0.2, 0.25) is 0 Å². The topological polar surface area (TPSA) is 59.2 Å². The number of ether oxygens (including phenoxy) is 1. The van der Waals surface area contributed by atoms with E-state index in [4.69, 9.17) is 4.74 Å². The Morgan fingerprint density at radius 2 is 1.77 bits per heavy atom. The molecule has 0 unspecified atom stereocenters. The molecule has 4 nitrogen and oxygen atoms in total. The lowest BCUT2D eigenvalue weighted by Crippen LogP contribution is -2.49. The minimum atomic E-state index is -0.527. The highest BCUT2D eigenvalue weighted by molar-refractivity contribution is 5.88. The fraction of sp³-hybridized carbons (Fsp3) is 0.667. The SMILES string of the molecule is CCOC(=O)c1ccc(C23CC4CC(CC(C4)C2)C3)[nH]c1=O. The standard InChI is InChI=1S/C18H23NO3/c1-2-22-17(21)14-3-4-15(19-16(14)20)18-8-11-5-12(9-18)7-13(6-11)10-18/h3-4,11-13H,2,5-10H2,1H3,(H,19,20). The molecule has 0 saturated heterocycles. The van der Waals surface area contributed by atoms with Crippen molar-refractivity contribution in [2.24, 2.45) is 17.8 Å². The molecule has 4 aliphatic rings. The largest absolute Gasteiger partial charge is 0.462 e. The minimum absolute atomic E-state index is 0.121. The average molecular weight is 301 g/mol. The molecule has 0 radical (unpaired) electrons. The average Bonchev–Trinajstić information content (AvgIpc) is 2.45. The Morgan fingerprint density at radius 1 is 1.18 bits per heavy atom. The van der Waals surface area contributed by atoms with Crippen LogP contribution in [-0.2, 0) is 10.2 Å². The zero-order chi connectivity index (χ0) is 15.3. The number of aromatic amines is 1. The lowest BCUT2D eigenvalue weighted by atomic mass is 9.49. The summed E-state index contributed by atoms with van der Waals surface area (Å²) >= 11 is 0. The predicted octanol–water partition coefficient (Wildman–Crippen LogP) is 3.02. The predicted molar refractivity (Wildman–Crippen MR) is 82.9 cm³/mol. The van der Waals surface area contributed by atoms with Crippen LogP contribution in [-0.4, -0.2) is 17.6 Å². The van der Waals surface area contributed by atoms with Gasteiger partial charge in [0.05, 0.1) is 6.61 Å². The third-order valence-corrected chi connectivity index (χ3v) is 6.01. The second-order valence-corrected chi connectivity index (χ2v) is 7.53. The van der Waals surface area contributed by atoms with Crippen LogP contribution in [0.1, 0.15) is 61.5 Å². The van der Waals surface area contributed by atoms with Gasteiger partial charge in [0, 0.05) is 11.1 Å². The zero-order valence-electron chi connectivity index (χ0n) is 13.1. The van der Waals surface area contributed by atoms with Crippen LogP contribution in [0.4, 0.5) is 0 Å². The van der Waals surface area contributed by atoms with Gasteiger partial charge >= 0.3 is 5.97 Å². The number of aromatic nitrogens is 1. The summed E-state index contributed by atoms with van der Waals surface area (Å²) < 4.78 is 4.94. The number of rotatable bonds is 3. The van der Waals surface area contributed by atoms with Gasteiger partial charge in [0.1, 0.15) is 5.56 Å². The Labute approximate surface area is 130 Å². The molecule has 4 saturated carbocycles. The van der Waals surface area contributed by atoms with Crippen molar-refractivity contribution in [2.45, 2.75) is 50.9 Å². The van der Waals surface area contributed by atoms with Gasteiger partial charge in [0.15, 0.2) is 0 Å². The number of hydrogen-bond donors (Lipinski definition) is 1. The molecular weight excluding hydrogens is 278 g/mol. The molecule has 5 rings (SSSR count). The number of carbonyl (C=O) groups excluding carboxylic acids is 1. The fourth-order valence-electron chi connectivity index (χ4n) is 5.59. The summed E-state index contributed by atoms with van der Waals surface area (Å²) in [6.45, 7) is 2.03. The van der Waals surface area contributed by atoms with E-state index in [1.807, 2.05) is 6.07 Å². The summed E-state index contributed by atoms with van der Waals surface area (Å²) in [5.41, 5.74) is 1.02. The molecule has 1 N–H and O–H groups in total. The van der Waals surface area contributed by atoms with Crippen LogP contribution in [0.25, 0.3) is 0 Å². The zero-order valence-corrected chi connectivity index (χ0v) is 13.1. The minimum Gasteiger partial charge on any atom is -0.462 e. The van der Waals surface area contributed by atoms with Crippen molar-refractivity contribution < 1.29 is 9.53 Å². The molecule has 118 valence electrons. The first-order chi connectivity index (χ1) is 10.6. The van der Waals surface area contributed by atoms with E-state index in [9.17, 15) is 9.59 Å². The van der Waals surface area contributed by atoms with E-state index in [-0.39, 0.29) is 23.1 Å².